The second kappa shape index (κ2) is 8.35. The van der Waals surface area contributed by atoms with Crippen LogP contribution < -0.4 is 19.5 Å². The number of fused-ring (bicyclic) bond motifs is 1. The molecule has 0 unspecified atom stereocenters. The summed E-state index contributed by atoms with van der Waals surface area (Å²) in [6.07, 6.45) is 3.46. The van der Waals surface area contributed by atoms with E-state index in [2.05, 4.69) is 15.3 Å². The van der Waals surface area contributed by atoms with Gasteiger partial charge in [-0.1, -0.05) is 29.8 Å². The van der Waals surface area contributed by atoms with Crippen molar-refractivity contribution in [2.45, 2.75) is 6.92 Å². The summed E-state index contributed by atoms with van der Waals surface area (Å²) in [4.78, 5) is 22.1. The predicted molar refractivity (Wildman–Crippen MR) is 117 cm³/mol. The SMILES string of the molecule is COc1cc(C(=O)Nc2c(-c3ccc(C)cc3)nc3ncccn23)cc(OC)c1OC. The smallest absolute Gasteiger partial charge is 0.257 e. The first-order valence-corrected chi connectivity index (χ1v) is 9.57. The maximum atomic E-state index is 13.2. The summed E-state index contributed by atoms with van der Waals surface area (Å²) in [5.74, 6) is 1.86. The van der Waals surface area contributed by atoms with Gasteiger partial charge in [-0.2, -0.15) is 0 Å². The van der Waals surface area contributed by atoms with Crippen molar-refractivity contribution in [1.82, 2.24) is 14.4 Å². The first-order chi connectivity index (χ1) is 15.0. The Morgan fingerprint density at radius 1 is 1.00 bits per heavy atom. The van der Waals surface area contributed by atoms with Gasteiger partial charge < -0.3 is 19.5 Å². The summed E-state index contributed by atoms with van der Waals surface area (Å²) < 4.78 is 17.8. The average molecular weight is 418 g/mol. The lowest BCUT2D eigenvalue weighted by atomic mass is 10.1. The fourth-order valence-electron chi connectivity index (χ4n) is 3.31. The third kappa shape index (κ3) is 3.75. The molecule has 0 saturated carbocycles. The van der Waals surface area contributed by atoms with Crippen LogP contribution >= 0.6 is 0 Å². The number of carbonyl (C=O) groups excluding carboxylic acids is 1. The zero-order chi connectivity index (χ0) is 22.0. The Labute approximate surface area is 179 Å². The van der Waals surface area contributed by atoms with Gasteiger partial charge in [-0.3, -0.25) is 9.20 Å². The number of aromatic nitrogens is 3. The molecule has 0 fully saturated rings. The topological polar surface area (TPSA) is 87.0 Å². The van der Waals surface area contributed by atoms with Crippen molar-refractivity contribution in [3.05, 3.63) is 66.0 Å². The number of rotatable bonds is 6. The zero-order valence-electron chi connectivity index (χ0n) is 17.7. The summed E-state index contributed by atoms with van der Waals surface area (Å²) in [5.41, 5.74) is 2.98. The Morgan fingerprint density at radius 2 is 1.68 bits per heavy atom. The summed E-state index contributed by atoms with van der Waals surface area (Å²) in [7, 11) is 4.52. The van der Waals surface area contributed by atoms with Crippen molar-refractivity contribution in [3.63, 3.8) is 0 Å². The quantitative estimate of drug-likeness (QED) is 0.510. The minimum Gasteiger partial charge on any atom is -0.493 e. The molecule has 0 bridgehead atoms. The van der Waals surface area contributed by atoms with Gasteiger partial charge in [0.25, 0.3) is 5.91 Å². The highest BCUT2D eigenvalue weighted by atomic mass is 16.5. The van der Waals surface area contributed by atoms with E-state index in [4.69, 9.17) is 14.2 Å². The van der Waals surface area contributed by atoms with Crippen molar-refractivity contribution < 1.29 is 19.0 Å². The van der Waals surface area contributed by atoms with Gasteiger partial charge in [0.1, 0.15) is 11.5 Å². The minimum atomic E-state index is -0.349. The van der Waals surface area contributed by atoms with Crippen molar-refractivity contribution in [2.24, 2.45) is 0 Å². The van der Waals surface area contributed by atoms with Crippen LogP contribution in [-0.4, -0.2) is 41.6 Å². The fraction of sp³-hybridized carbons (Fsp3) is 0.174. The van der Waals surface area contributed by atoms with Crippen LogP contribution in [0.5, 0.6) is 17.2 Å². The number of benzene rings is 2. The summed E-state index contributed by atoms with van der Waals surface area (Å²) in [6.45, 7) is 2.02. The summed E-state index contributed by atoms with van der Waals surface area (Å²) in [5, 5.41) is 2.97. The number of nitrogens with one attached hydrogen (secondary N) is 1. The number of anilines is 1. The second-order valence-electron chi connectivity index (χ2n) is 6.83. The molecule has 0 saturated heterocycles. The number of methoxy groups -OCH3 is 3. The van der Waals surface area contributed by atoms with Crippen LogP contribution in [-0.2, 0) is 0 Å². The van der Waals surface area contributed by atoms with Gasteiger partial charge in [0, 0.05) is 23.5 Å². The Morgan fingerprint density at radius 3 is 2.29 bits per heavy atom. The molecular weight excluding hydrogens is 396 g/mol. The number of hydrogen-bond acceptors (Lipinski definition) is 6. The maximum absolute atomic E-state index is 13.2. The Bertz CT molecular complexity index is 1220. The molecule has 0 aliphatic rings. The zero-order valence-corrected chi connectivity index (χ0v) is 17.7. The molecule has 2 aromatic carbocycles. The van der Waals surface area contributed by atoms with Crippen LogP contribution in [0.2, 0.25) is 0 Å². The highest BCUT2D eigenvalue weighted by Gasteiger charge is 2.21. The average Bonchev–Trinajstić information content (AvgIpc) is 3.16. The molecule has 31 heavy (non-hydrogen) atoms. The molecule has 0 atom stereocenters. The van der Waals surface area contributed by atoms with Crippen LogP contribution in [0.25, 0.3) is 17.0 Å². The van der Waals surface area contributed by atoms with Crippen molar-refractivity contribution in [1.29, 1.82) is 0 Å². The number of imidazole rings is 1. The van der Waals surface area contributed by atoms with Crippen LogP contribution in [0.15, 0.2) is 54.9 Å². The number of hydrogen-bond donors (Lipinski definition) is 1. The Kier molecular flexibility index (Phi) is 5.44. The van der Waals surface area contributed by atoms with Gasteiger partial charge in [-0.15, -0.1) is 0 Å². The molecule has 4 aromatic rings. The minimum absolute atomic E-state index is 0.349. The molecule has 1 amide bonds. The molecule has 0 spiro atoms. The van der Waals surface area contributed by atoms with Gasteiger partial charge in [-0.25, -0.2) is 9.97 Å². The van der Waals surface area contributed by atoms with Gasteiger partial charge in [-0.05, 0) is 25.1 Å². The third-order valence-electron chi connectivity index (χ3n) is 4.89. The molecule has 2 heterocycles. The van der Waals surface area contributed by atoms with Crippen LogP contribution in [0, 0.1) is 6.92 Å². The Balaban J connectivity index is 1.79. The van der Waals surface area contributed by atoms with E-state index in [-0.39, 0.29) is 5.91 Å². The standard InChI is InChI=1S/C23H22N4O4/c1-14-6-8-15(9-7-14)19-21(27-11-5-10-24-23(27)25-19)26-22(28)16-12-17(29-2)20(31-4)18(13-16)30-3/h5-13H,1-4H3,(H,26,28). The molecule has 0 aliphatic heterocycles. The molecular formula is C23H22N4O4. The monoisotopic (exact) mass is 418 g/mol. The molecule has 0 aliphatic carbocycles. The van der Waals surface area contributed by atoms with Crippen LogP contribution in [0.3, 0.4) is 0 Å². The van der Waals surface area contributed by atoms with E-state index in [1.54, 1.807) is 35.0 Å². The van der Waals surface area contributed by atoms with E-state index in [1.165, 1.54) is 21.3 Å². The number of nitrogens with zero attached hydrogens (tertiary/aromatic N) is 3. The molecule has 8 nitrogen and oxygen atoms in total. The molecule has 0 radical (unpaired) electrons. The maximum Gasteiger partial charge on any atom is 0.257 e. The number of aryl methyl sites for hydroxylation is 1. The molecule has 158 valence electrons. The van der Waals surface area contributed by atoms with E-state index in [9.17, 15) is 4.79 Å². The number of amides is 1. The van der Waals surface area contributed by atoms with Gasteiger partial charge >= 0.3 is 0 Å². The normalized spacial score (nSPS) is 10.7. The highest BCUT2D eigenvalue weighted by molar-refractivity contribution is 6.06. The van der Waals surface area contributed by atoms with E-state index >= 15 is 0 Å². The lowest BCUT2D eigenvalue weighted by Gasteiger charge is -2.14. The number of ether oxygens (including phenoxy) is 3. The summed E-state index contributed by atoms with van der Waals surface area (Å²) >= 11 is 0. The Hall–Kier alpha value is -4.07. The van der Waals surface area contributed by atoms with Crippen molar-refractivity contribution in [3.8, 4) is 28.5 Å². The van der Waals surface area contributed by atoms with Crippen LogP contribution in [0.1, 0.15) is 15.9 Å². The van der Waals surface area contributed by atoms with E-state index < -0.39 is 0 Å². The van der Waals surface area contributed by atoms with E-state index in [0.717, 1.165) is 11.1 Å². The third-order valence-corrected chi connectivity index (χ3v) is 4.89. The van der Waals surface area contributed by atoms with Gasteiger partial charge in [0.2, 0.25) is 11.5 Å². The molecule has 1 N–H and O–H groups in total. The largest absolute Gasteiger partial charge is 0.493 e. The van der Waals surface area contributed by atoms with Crippen molar-refractivity contribution >= 4 is 17.5 Å². The summed E-state index contributed by atoms with van der Waals surface area (Å²) in [6, 6.07) is 12.9. The molecule has 8 heteroatoms. The first-order valence-electron chi connectivity index (χ1n) is 9.57. The van der Waals surface area contributed by atoms with E-state index in [1.807, 2.05) is 31.2 Å². The van der Waals surface area contributed by atoms with Gasteiger partial charge in [0.05, 0.1) is 21.3 Å². The first kappa shape index (κ1) is 20.2. The molecule has 2 aromatic heterocycles. The van der Waals surface area contributed by atoms with Crippen LogP contribution in [0.4, 0.5) is 5.82 Å². The molecule has 4 rings (SSSR count). The highest BCUT2D eigenvalue weighted by Crippen LogP contribution is 2.38. The van der Waals surface area contributed by atoms with Crippen molar-refractivity contribution in [2.75, 3.05) is 26.6 Å². The second-order valence-corrected chi connectivity index (χ2v) is 6.83. The predicted octanol–water partition coefficient (Wildman–Crippen LogP) is 3.98. The van der Waals surface area contributed by atoms with E-state index in [0.29, 0.717) is 40.1 Å². The number of carbonyl (C=O) groups is 1. The lowest BCUT2D eigenvalue weighted by molar-refractivity contribution is 0.102. The fourth-order valence-corrected chi connectivity index (χ4v) is 3.31. The lowest BCUT2D eigenvalue weighted by Crippen LogP contribution is -2.14. The van der Waals surface area contributed by atoms with Gasteiger partial charge in [0.15, 0.2) is 11.5 Å².